The van der Waals surface area contributed by atoms with Crippen LogP contribution in [-0.4, -0.2) is 61.0 Å². The molecule has 1 saturated heterocycles. The Morgan fingerprint density at radius 1 is 1.10 bits per heavy atom. The number of amides is 1. The van der Waals surface area contributed by atoms with E-state index in [1.54, 1.807) is 31.3 Å². The molecule has 31 heavy (non-hydrogen) atoms. The Morgan fingerprint density at radius 2 is 1.77 bits per heavy atom. The van der Waals surface area contributed by atoms with Crippen molar-refractivity contribution in [2.45, 2.75) is 13.2 Å². The predicted octanol–water partition coefficient (Wildman–Crippen LogP) is 1.68. The normalized spacial score (nSPS) is 14.2. The summed E-state index contributed by atoms with van der Waals surface area (Å²) in [7, 11) is 3.49. The Hall–Kier alpha value is -3.23. The van der Waals surface area contributed by atoms with Crippen LogP contribution in [0.5, 0.6) is 0 Å². The van der Waals surface area contributed by atoms with Gasteiger partial charge in [0.05, 0.1) is 25.3 Å². The first-order chi connectivity index (χ1) is 15.1. The summed E-state index contributed by atoms with van der Waals surface area (Å²) in [6.45, 7) is 4.26. The molecule has 1 aliphatic heterocycles. The molecule has 1 fully saturated rings. The largest absolute Gasteiger partial charge is 0.378 e. The van der Waals surface area contributed by atoms with Crippen molar-refractivity contribution < 1.29 is 9.53 Å². The van der Waals surface area contributed by atoms with Crippen molar-refractivity contribution in [1.82, 2.24) is 20.0 Å². The number of ether oxygens (including phenoxy) is 1. The first kappa shape index (κ1) is 21.0. The van der Waals surface area contributed by atoms with Crippen molar-refractivity contribution in [3.8, 4) is 0 Å². The third-order valence-electron chi connectivity index (χ3n) is 5.45. The number of carbonyl (C=O) groups is 1. The molecule has 1 amide bonds. The van der Waals surface area contributed by atoms with Crippen LogP contribution in [0.25, 0.3) is 10.8 Å². The number of aromatic nitrogens is 2. The summed E-state index contributed by atoms with van der Waals surface area (Å²) in [6, 6.07) is 15.5. The van der Waals surface area contributed by atoms with Gasteiger partial charge in [0.25, 0.3) is 11.5 Å². The minimum absolute atomic E-state index is 0.210. The molecule has 8 nitrogen and oxygen atoms in total. The molecule has 0 saturated carbocycles. The number of nitrogens with zero attached hydrogens (tertiary/aromatic N) is 4. The number of carbonyl (C=O) groups excluding carboxylic acids is 1. The molecule has 8 heteroatoms. The van der Waals surface area contributed by atoms with Gasteiger partial charge >= 0.3 is 0 Å². The van der Waals surface area contributed by atoms with E-state index < -0.39 is 0 Å². The molecule has 0 unspecified atom stereocenters. The van der Waals surface area contributed by atoms with E-state index in [-0.39, 0.29) is 23.8 Å². The number of benzene rings is 2. The number of hydrogen-bond donors (Lipinski definition) is 1. The fraction of sp³-hybridized carbons (Fsp3) is 0.348. The lowest BCUT2D eigenvalue weighted by atomic mass is 10.1. The lowest BCUT2D eigenvalue weighted by molar-refractivity contribution is 0.0956. The van der Waals surface area contributed by atoms with Gasteiger partial charge in [0.1, 0.15) is 0 Å². The van der Waals surface area contributed by atoms with Gasteiger partial charge in [0.2, 0.25) is 0 Å². The molecular weight excluding hydrogens is 394 g/mol. The summed E-state index contributed by atoms with van der Waals surface area (Å²) in [5, 5.41) is 8.01. The molecule has 162 valence electrons. The molecule has 2 aromatic carbocycles. The number of anilines is 1. The summed E-state index contributed by atoms with van der Waals surface area (Å²) in [5.41, 5.74) is 2.37. The molecule has 0 bridgehead atoms. The quantitative estimate of drug-likeness (QED) is 0.653. The van der Waals surface area contributed by atoms with Crippen LogP contribution in [0.2, 0.25) is 0 Å². The second-order valence-corrected chi connectivity index (χ2v) is 7.70. The molecule has 4 rings (SSSR count). The van der Waals surface area contributed by atoms with Crippen LogP contribution in [0.3, 0.4) is 0 Å². The Morgan fingerprint density at radius 3 is 2.45 bits per heavy atom. The monoisotopic (exact) mass is 421 g/mol. The van der Waals surface area contributed by atoms with Gasteiger partial charge in [0, 0.05) is 37.8 Å². The van der Waals surface area contributed by atoms with Crippen molar-refractivity contribution in [1.29, 1.82) is 0 Å². The molecular formula is C23H27N5O3. The first-order valence-electron chi connectivity index (χ1n) is 10.4. The average Bonchev–Trinajstić information content (AvgIpc) is 2.81. The van der Waals surface area contributed by atoms with E-state index in [1.807, 2.05) is 11.9 Å². The van der Waals surface area contributed by atoms with Crippen molar-refractivity contribution in [2.24, 2.45) is 0 Å². The van der Waals surface area contributed by atoms with Gasteiger partial charge < -0.3 is 15.0 Å². The zero-order valence-electron chi connectivity index (χ0n) is 17.9. The Balaban J connectivity index is 1.52. The molecule has 0 radical (unpaired) electrons. The van der Waals surface area contributed by atoms with Crippen LogP contribution >= 0.6 is 0 Å². The van der Waals surface area contributed by atoms with Crippen LogP contribution in [-0.2, 0) is 18.0 Å². The van der Waals surface area contributed by atoms with E-state index in [9.17, 15) is 9.59 Å². The van der Waals surface area contributed by atoms with Crippen molar-refractivity contribution in [3.05, 3.63) is 70.1 Å². The van der Waals surface area contributed by atoms with E-state index in [2.05, 4.69) is 39.6 Å². The van der Waals surface area contributed by atoms with E-state index in [0.717, 1.165) is 31.9 Å². The SMILES string of the molecule is CNC(=O)c1nn(CN(C)Cc2ccc(N3CCOCC3)cc2)c(=O)c2ccccc12. The Kier molecular flexibility index (Phi) is 6.29. The predicted molar refractivity (Wildman–Crippen MR) is 120 cm³/mol. The van der Waals surface area contributed by atoms with Gasteiger partial charge in [-0.3, -0.25) is 14.5 Å². The molecule has 0 aliphatic carbocycles. The minimum Gasteiger partial charge on any atom is -0.378 e. The van der Waals surface area contributed by atoms with Crippen LogP contribution in [0.1, 0.15) is 16.1 Å². The van der Waals surface area contributed by atoms with Crippen molar-refractivity contribution in [2.75, 3.05) is 45.3 Å². The highest BCUT2D eigenvalue weighted by molar-refractivity contribution is 6.04. The highest BCUT2D eigenvalue weighted by Gasteiger charge is 2.16. The number of rotatable bonds is 6. The first-order valence-corrected chi connectivity index (χ1v) is 10.4. The maximum atomic E-state index is 12.9. The number of morpholine rings is 1. The fourth-order valence-corrected chi connectivity index (χ4v) is 3.84. The molecule has 3 aromatic rings. The standard InChI is InChI=1S/C23H27N5O3/c1-24-22(29)21-19-5-3-4-6-20(19)23(30)28(25-21)16-26(2)15-17-7-9-18(10-8-17)27-11-13-31-14-12-27/h3-10H,11-16H2,1-2H3,(H,24,29). The van der Waals surface area contributed by atoms with Crippen LogP contribution in [0, 0.1) is 0 Å². The van der Waals surface area contributed by atoms with Gasteiger partial charge in [-0.2, -0.15) is 5.10 Å². The third kappa shape index (κ3) is 4.60. The molecule has 1 aliphatic rings. The van der Waals surface area contributed by atoms with Crippen molar-refractivity contribution in [3.63, 3.8) is 0 Å². The van der Waals surface area contributed by atoms with E-state index in [4.69, 9.17) is 4.74 Å². The fourth-order valence-electron chi connectivity index (χ4n) is 3.84. The van der Waals surface area contributed by atoms with Crippen LogP contribution in [0.4, 0.5) is 5.69 Å². The topological polar surface area (TPSA) is 79.7 Å². The van der Waals surface area contributed by atoms with E-state index >= 15 is 0 Å². The lowest BCUT2D eigenvalue weighted by Gasteiger charge is -2.29. The lowest BCUT2D eigenvalue weighted by Crippen LogP contribution is -2.36. The number of fused-ring (bicyclic) bond motifs is 1. The third-order valence-corrected chi connectivity index (χ3v) is 5.45. The smallest absolute Gasteiger partial charge is 0.275 e. The van der Waals surface area contributed by atoms with Gasteiger partial charge in [0.15, 0.2) is 5.69 Å². The Labute approximate surface area is 181 Å². The highest BCUT2D eigenvalue weighted by atomic mass is 16.5. The second kappa shape index (κ2) is 9.28. The van der Waals surface area contributed by atoms with Crippen molar-refractivity contribution >= 4 is 22.4 Å². The number of nitrogens with one attached hydrogen (secondary N) is 1. The average molecular weight is 422 g/mol. The molecule has 2 heterocycles. The molecule has 1 aromatic heterocycles. The van der Waals surface area contributed by atoms with Gasteiger partial charge in [-0.05, 0) is 30.8 Å². The molecule has 1 N–H and O–H groups in total. The summed E-state index contributed by atoms with van der Waals surface area (Å²) >= 11 is 0. The van der Waals surface area contributed by atoms with Gasteiger partial charge in [-0.1, -0.05) is 30.3 Å². The number of hydrogen-bond acceptors (Lipinski definition) is 6. The highest BCUT2D eigenvalue weighted by Crippen LogP contribution is 2.18. The van der Waals surface area contributed by atoms with Gasteiger partial charge in [-0.15, -0.1) is 0 Å². The summed E-state index contributed by atoms with van der Waals surface area (Å²) in [5.74, 6) is -0.314. The summed E-state index contributed by atoms with van der Waals surface area (Å²) in [4.78, 5) is 29.6. The van der Waals surface area contributed by atoms with Crippen LogP contribution in [0.15, 0.2) is 53.3 Å². The maximum Gasteiger partial charge on any atom is 0.275 e. The zero-order chi connectivity index (χ0) is 21.8. The maximum absolute atomic E-state index is 12.9. The summed E-state index contributed by atoms with van der Waals surface area (Å²) in [6.07, 6.45) is 0. The van der Waals surface area contributed by atoms with Gasteiger partial charge in [-0.25, -0.2) is 4.68 Å². The van der Waals surface area contributed by atoms with Crippen LogP contribution < -0.4 is 15.8 Å². The minimum atomic E-state index is -0.314. The molecule has 0 atom stereocenters. The second-order valence-electron chi connectivity index (χ2n) is 7.70. The Bertz CT molecular complexity index is 1120. The molecule has 0 spiro atoms. The van der Waals surface area contributed by atoms with E-state index in [0.29, 0.717) is 17.3 Å². The zero-order valence-corrected chi connectivity index (χ0v) is 17.9. The summed E-state index contributed by atoms with van der Waals surface area (Å²) < 4.78 is 6.77. The van der Waals surface area contributed by atoms with E-state index in [1.165, 1.54) is 10.4 Å².